The van der Waals surface area contributed by atoms with E-state index in [-0.39, 0.29) is 0 Å². The molecule has 7 aromatic carbocycles. The Morgan fingerprint density at radius 1 is 0.301 bits per heavy atom. The molecular formula is C67H42N6. The van der Waals surface area contributed by atoms with Gasteiger partial charge in [-0.3, -0.25) is 19.9 Å². The lowest BCUT2D eigenvalue weighted by Gasteiger charge is -2.47. The van der Waals surface area contributed by atoms with Crippen LogP contribution in [0.4, 0.5) is 0 Å². The van der Waals surface area contributed by atoms with E-state index in [4.69, 9.17) is 19.9 Å². The first-order valence-corrected chi connectivity index (χ1v) is 25.3. The Balaban J connectivity index is 1.03. The fraction of sp³-hybridized carbons (Fsp3) is 0.0746. The zero-order valence-electron chi connectivity index (χ0n) is 40.0. The number of benzene rings is 7. The third kappa shape index (κ3) is 4.58. The first-order chi connectivity index (χ1) is 36.0. The second kappa shape index (κ2) is 13.6. The van der Waals surface area contributed by atoms with Crippen LogP contribution in [0.5, 0.6) is 0 Å². The van der Waals surface area contributed by atoms with Gasteiger partial charge in [0, 0.05) is 50.5 Å². The van der Waals surface area contributed by atoms with Crippen LogP contribution >= 0.6 is 0 Å². The predicted octanol–water partition coefficient (Wildman–Crippen LogP) is 14.8. The highest BCUT2D eigenvalue weighted by Crippen LogP contribution is 2.67. The second-order valence-electron chi connectivity index (χ2n) is 20.9. The molecule has 0 bridgehead atoms. The summed E-state index contributed by atoms with van der Waals surface area (Å²) in [4.78, 5) is 21.4. The van der Waals surface area contributed by atoms with E-state index < -0.39 is 16.2 Å². The van der Waals surface area contributed by atoms with Crippen molar-refractivity contribution in [2.24, 2.45) is 0 Å². The molecule has 6 heterocycles. The molecule has 4 aliphatic rings. The highest BCUT2D eigenvalue weighted by Gasteiger charge is 2.58. The van der Waals surface area contributed by atoms with E-state index in [1.807, 2.05) is 12.4 Å². The third-order valence-corrected chi connectivity index (χ3v) is 17.4. The minimum Gasteiger partial charge on any atom is -0.308 e. The number of hydrogen-bond acceptors (Lipinski definition) is 4. The maximum Gasteiger partial charge on any atom is 0.0939 e. The summed E-state index contributed by atoms with van der Waals surface area (Å²) >= 11 is 0. The molecule has 0 unspecified atom stereocenters. The molecule has 340 valence electrons. The van der Waals surface area contributed by atoms with Gasteiger partial charge in [-0.1, -0.05) is 153 Å². The molecule has 13 aromatic rings. The smallest absolute Gasteiger partial charge is 0.0939 e. The number of pyridine rings is 4. The number of hydrogen-bond donors (Lipinski definition) is 0. The standard InChI is InChI=1S/C67H42N6/c1-65(2)48-23-9-10-24-49(48)67(54-35-46-41-17-3-8-22-47(41)66(52(46)36-53(54)65)50-25-15-31-68-61(50)62-51(66)26-16-32-69-62)55-33-39(72-57-27-11-4-18-42(57)43-19-5-12-28-58(43)72)37-70-63(55)64-56(67)34-40(38-71-64)73-59-29-13-6-20-44(59)45-21-7-14-30-60(45)73/h3-38H,1-2H3. The molecule has 73 heavy (non-hydrogen) atoms. The molecule has 6 aromatic heterocycles. The van der Waals surface area contributed by atoms with Crippen LogP contribution in [0.25, 0.3) is 88.9 Å². The Morgan fingerprint density at radius 3 is 1.23 bits per heavy atom. The minimum atomic E-state index is -0.843. The quantitative estimate of drug-likeness (QED) is 0.173. The molecule has 0 aliphatic heterocycles. The summed E-state index contributed by atoms with van der Waals surface area (Å²) < 4.78 is 4.82. The van der Waals surface area contributed by atoms with Crippen molar-refractivity contribution in [3.8, 4) is 45.3 Å². The van der Waals surface area contributed by atoms with Gasteiger partial charge in [-0.05, 0) is 110 Å². The summed E-state index contributed by atoms with van der Waals surface area (Å²) in [6.45, 7) is 4.85. The number of rotatable bonds is 2. The van der Waals surface area contributed by atoms with Gasteiger partial charge in [0.25, 0.3) is 0 Å². The summed E-state index contributed by atoms with van der Waals surface area (Å²) in [7, 11) is 0. The van der Waals surface area contributed by atoms with Crippen molar-refractivity contribution in [2.45, 2.75) is 30.1 Å². The van der Waals surface area contributed by atoms with Crippen molar-refractivity contribution in [3.63, 3.8) is 0 Å². The fourth-order valence-corrected chi connectivity index (χ4v) is 14.5. The first-order valence-electron chi connectivity index (χ1n) is 25.3. The molecule has 6 nitrogen and oxygen atoms in total. The summed E-state index contributed by atoms with van der Waals surface area (Å²) in [6, 6.07) is 72.1. The van der Waals surface area contributed by atoms with Crippen LogP contribution in [0, 0.1) is 0 Å². The van der Waals surface area contributed by atoms with E-state index in [1.54, 1.807) is 0 Å². The number of aromatic nitrogens is 6. The van der Waals surface area contributed by atoms with Gasteiger partial charge in [-0.25, -0.2) is 0 Å². The van der Waals surface area contributed by atoms with Gasteiger partial charge in [0.15, 0.2) is 0 Å². The molecule has 0 saturated carbocycles. The van der Waals surface area contributed by atoms with Gasteiger partial charge < -0.3 is 9.13 Å². The van der Waals surface area contributed by atoms with Gasteiger partial charge >= 0.3 is 0 Å². The number of fused-ring (bicyclic) bond motifs is 25. The lowest BCUT2D eigenvalue weighted by Crippen LogP contribution is -2.41. The molecular weight excluding hydrogens is 889 g/mol. The molecule has 0 radical (unpaired) electrons. The van der Waals surface area contributed by atoms with Gasteiger partial charge in [-0.2, -0.15) is 0 Å². The Bertz CT molecular complexity index is 4310. The van der Waals surface area contributed by atoms with Crippen molar-refractivity contribution < 1.29 is 0 Å². The summed E-state index contributed by atoms with van der Waals surface area (Å²) in [6.07, 6.45) is 7.96. The summed E-state index contributed by atoms with van der Waals surface area (Å²) in [5.74, 6) is 0. The molecule has 0 amide bonds. The highest BCUT2D eigenvalue weighted by molar-refractivity contribution is 6.10. The lowest BCUT2D eigenvalue weighted by atomic mass is 9.55. The summed E-state index contributed by atoms with van der Waals surface area (Å²) in [5.41, 5.74) is 23.1. The maximum absolute atomic E-state index is 5.61. The second-order valence-corrected chi connectivity index (χ2v) is 20.9. The van der Waals surface area contributed by atoms with Gasteiger partial charge in [0.05, 0.1) is 79.4 Å². The van der Waals surface area contributed by atoms with E-state index in [9.17, 15) is 0 Å². The lowest BCUT2D eigenvalue weighted by molar-refractivity contribution is 0.561. The van der Waals surface area contributed by atoms with Crippen molar-refractivity contribution in [3.05, 3.63) is 275 Å². The van der Waals surface area contributed by atoms with Crippen LogP contribution in [0.3, 0.4) is 0 Å². The number of nitrogens with zero attached hydrogens (tertiary/aromatic N) is 6. The minimum absolute atomic E-state index is 0.422. The zero-order chi connectivity index (χ0) is 48.0. The van der Waals surface area contributed by atoms with Crippen LogP contribution < -0.4 is 0 Å². The average Bonchev–Trinajstić information content (AvgIpc) is 4.30. The Kier molecular flexibility index (Phi) is 7.34. The zero-order valence-corrected chi connectivity index (χ0v) is 40.0. The highest BCUT2D eigenvalue weighted by atomic mass is 15.0. The third-order valence-electron chi connectivity index (χ3n) is 17.4. The van der Waals surface area contributed by atoms with Crippen molar-refractivity contribution >= 4 is 43.6 Å². The van der Waals surface area contributed by atoms with Crippen LogP contribution in [0.2, 0.25) is 0 Å². The van der Waals surface area contributed by atoms with Crippen molar-refractivity contribution in [2.75, 3.05) is 0 Å². The topological polar surface area (TPSA) is 61.4 Å². The molecule has 2 spiro atoms. The van der Waals surface area contributed by atoms with Crippen LogP contribution in [0.15, 0.2) is 219 Å². The van der Waals surface area contributed by atoms with Gasteiger partial charge in [0.2, 0.25) is 0 Å². The van der Waals surface area contributed by atoms with Crippen LogP contribution in [-0.4, -0.2) is 29.1 Å². The monoisotopic (exact) mass is 930 g/mol. The average molecular weight is 931 g/mol. The normalized spacial score (nSPS) is 15.3. The molecule has 4 aliphatic carbocycles. The van der Waals surface area contributed by atoms with Gasteiger partial charge in [-0.15, -0.1) is 0 Å². The van der Waals surface area contributed by atoms with Crippen LogP contribution in [-0.2, 0) is 16.2 Å². The SMILES string of the molecule is CC1(C)c2ccccc2C2(c3cc4c(cc31)C1(c3ccccc3-4)c3cccnc3-c3ncccc31)c1cc(-n3c4ccccc4c4ccccc43)cnc1-c1ncc(-n3c4ccccc4c4ccccc43)cc12. The maximum atomic E-state index is 5.61. The van der Waals surface area contributed by atoms with E-state index in [1.165, 1.54) is 77.2 Å². The predicted molar refractivity (Wildman–Crippen MR) is 292 cm³/mol. The van der Waals surface area contributed by atoms with Gasteiger partial charge in [0.1, 0.15) is 0 Å². The molecule has 0 saturated heterocycles. The Labute approximate surface area is 420 Å². The first kappa shape index (κ1) is 39.5. The van der Waals surface area contributed by atoms with E-state index in [0.717, 1.165) is 67.3 Å². The van der Waals surface area contributed by atoms with Crippen molar-refractivity contribution in [1.82, 2.24) is 29.1 Å². The molecule has 0 N–H and O–H groups in total. The molecule has 17 rings (SSSR count). The molecule has 0 fully saturated rings. The largest absolute Gasteiger partial charge is 0.308 e. The Morgan fingerprint density at radius 2 is 0.712 bits per heavy atom. The number of para-hydroxylation sites is 4. The Hall–Kier alpha value is -9.26. The fourth-order valence-electron chi connectivity index (χ4n) is 14.5. The van der Waals surface area contributed by atoms with E-state index in [0.29, 0.717) is 0 Å². The van der Waals surface area contributed by atoms with E-state index in [2.05, 4.69) is 229 Å². The molecule has 6 heteroatoms. The van der Waals surface area contributed by atoms with Crippen LogP contribution in [0.1, 0.15) is 69.5 Å². The molecule has 0 atom stereocenters. The van der Waals surface area contributed by atoms with E-state index >= 15 is 0 Å². The summed E-state index contributed by atoms with van der Waals surface area (Å²) in [5, 5.41) is 4.86. The van der Waals surface area contributed by atoms with Crippen molar-refractivity contribution in [1.29, 1.82) is 0 Å².